The molecule has 0 radical (unpaired) electrons. The van der Waals surface area contributed by atoms with E-state index >= 15 is 0 Å². The molecule has 0 unspecified atom stereocenters. The third-order valence-corrected chi connectivity index (χ3v) is 5.87. The average molecular weight is 377 g/mol. The predicted octanol–water partition coefficient (Wildman–Crippen LogP) is 4.85. The molecular formula is C20H25ClN2OS. The zero-order valence-corrected chi connectivity index (χ0v) is 16.2. The Labute approximate surface area is 159 Å². The van der Waals surface area contributed by atoms with Crippen LogP contribution in [0.25, 0.3) is 0 Å². The summed E-state index contributed by atoms with van der Waals surface area (Å²) in [5.41, 5.74) is 0.958. The third-order valence-electron chi connectivity index (χ3n) is 4.74. The molecule has 1 aromatic heterocycles. The van der Waals surface area contributed by atoms with E-state index in [0.29, 0.717) is 11.4 Å². The fourth-order valence-electron chi connectivity index (χ4n) is 3.52. The molecule has 1 aromatic carbocycles. The Balaban J connectivity index is 1.77. The first-order valence-electron chi connectivity index (χ1n) is 8.99. The number of nitrogens with zero attached hydrogens (tertiary/aromatic N) is 2. The predicted molar refractivity (Wildman–Crippen MR) is 107 cm³/mol. The SMILES string of the molecule is CCCN1CCC(N(C(=O)Cc2cccs2)c2ccc(Cl)cc2)CC1. The number of likely N-dealkylation sites (tertiary alicyclic amines) is 1. The normalized spacial score (nSPS) is 16.1. The van der Waals surface area contributed by atoms with E-state index in [1.54, 1.807) is 11.3 Å². The van der Waals surface area contributed by atoms with Crippen LogP contribution in [-0.4, -0.2) is 36.5 Å². The van der Waals surface area contributed by atoms with Crippen LogP contribution in [0.5, 0.6) is 0 Å². The second-order valence-corrected chi connectivity index (χ2v) is 8.04. The molecule has 0 bridgehead atoms. The van der Waals surface area contributed by atoms with Crippen molar-refractivity contribution in [1.82, 2.24) is 4.90 Å². The van der Waals surface area contributed by atoms with Crippen molar-refractivity contribution in [1.29, 1.82) is 0 Å². The third kappa shape index (κ3) is 4.84. The summed E-state index contributed by atoms with van der Waals surface area (Å²) in [6, 6.07) is 12.0. The van der Waals surface area contributed by atoms with Gasteiger partial charge < -0.3 is 9.80 Å². The van der Waals surface area contributed by atoms with Gasteiger partial charge in [0.05, 0.1) is 6.42 Å². The van der Waals surface area contributed by atoms with Crippen LogP contribution in [-0.2, 0) is 11.2 Å². The van der Waals surface area contributed by atoms with Crippen molar-refractivity contribution in [2.75, 3.05) is 24.5 Å². The van der Waals surface area contributed by atoms with Gasteiger partial charge in [-0.1, -0.05) is 24.6 Å². The van der Waals surface area contributed by atoms with Gasteiger partial charge in [-0.05, 0) is 61.5 Å². The molecule has 1 saturated heterocycles. The number of benzene rings is 1. The summed E-state index contributed by atoms with van der Waals surface area (Å²) < 4.78 is 0. The molecule has 0 atom stereocenters. The van der Waals surface area contributed by atoms with E-state index < -0.39 is 0 Å². The van der Waals surface area contributed by atoms with Gasteiger partial charge in [0.15, 0.2) is 0 Å². The van der Waals surface area contributed by atoms with E-state index in [4.69, 9.17) is 11.6 Å². The van der Waals surface area contributed by atoms with Crippen LogP contribution in [0.1, 0.15) is 31.1 Å². The second-order valence-electron chi connectivity index (χ2n) is 6.57. The van der Waals surface area contributed by atoms with Crippen LogP contribution in [0, 0.1) is 0 Å². The first kappa shape index (κ1) is 18.4. The molecule has 3 rings (SSSR count). The van der Waals surface area contributed by atoms with Gasteiger partial charge in [0, 0.05) is 34.7 Å². The highest BCUT2D eigenvalue weighted by Crippen LogP contribution is 2.27. The molecule has 0 saturated carbocycles. The zero-order chi connectivity index (χ0) is 17.6. The summed E-state index contributed by atoms with van der Waals surface area (Å²) in [6.07, 6.45) is 3.70. The standard InChI is InChI=1S/C20H25ClN2OS/c1-2-11-22-12-9-18(10-13-22)23(17-7-5-16(21)6-8-17)20(24)15-19-4-3-14-25-19/h3-8,14,18H,2,9-13,15H2,1H3. The monoisotopic (exact) mass is 376 g/mol. The van der Waals surface area contributed by atoms with E-state index in [0.717, 1.165) is 43.0 Å². The summed E-state index contributed by atoms with van der Waals surface area (Å²) in [5, 5.41) is 2.73. The van der Waals surface area contributed by atoms with Crippen molar-refractivity contribution in [2.24, 2.45) is 0 Å². The van der Waals surface area contributed by atoms with Crippen molar-refractivity contribution in [3.05, 3.63) is 51.7 Å². The van der Waals surface area contributed by atoms with E-state index in [9.17, 15) is 4.79 Å². The largest absolute Gasteiger partial charge is 0.309 e. The van der Waals surface area contributed by atoms with Gasteiger partial charge in [-0.15, -0.1) is 11.3 Å². The zero-order valence-electron chi connectivity index (χ0n) is 14.7. The number of amides is 1. The van der Waals surface area contributed by atoms with E-state index in [-0.39, 0.29) is 11.9 Å². The van der Waals surface area contributed by atoms with Gasteiger partial charge in [0.2, 0.25) is 5.91 Å². The molecule has 0 N–H and O–H groups in total. The molecule has 25 heavy (non-hydrogen) atoms. The topological polar surface area (TPSA) is 23.6 Å². The number of carbonyl (C=O) groups excluding carboxylic acids is 1. The Morgan fingerprint density at radius 2 is 1.96 bits per heavy atom. The molecule has 1 amide bonds. The Morgan fingerprint density at radius 1 is 1.24 bits per heavy atom. The van der Waals surface area contributed by atoms with Crippen molar-refractivity contribution >= 4 is 34.5 Å². The minimum Gasteiger partial charge on any atom is -0.309 e. The number of thiophene rings is 1. The molecular weight excluding hydrogens is 352 g/mol. The number of carbonyl (C=O) groups is 1. The van der Waals surface area contributed by atoms with Crippen LogP contribution in [0.15, 0.2) is 41.8 Å². The van der Waals surface area contributed by atoms with Crippen molar-refractivity contribution < 1.29 is 4.79 Å². The second kappa shape index (κ2) is 8.84. The summed E-state index contributed by atoms with van der Waals surface area (Å²) in [4.78, 5) is 18.7. The van der Waals surface area contributed by atoms with Crippen LogP contribution in [0.4, 0.5) is 5.69 Å². The molecule has 3 nitrogen and oxygen atoms in total. The average Bonchev–Trinajstić information content (AvgIpc) is 3.11. The minimum absolute atomic E-state index is 0.179. The Bertz CT molecular complexity index is 664. The van der Waals surface area contributed by atoms with Gasteiger partial charge >= 0.3 is 0 Å². The van der Waals surface area contributed by atoms with Crippen molar-refractivity contribution in [3.8, 4) is 0 Å². The van der Waals surface area contributed by atoms with Crippen LogP contribution in [0.2, 0.25) is 5.02 Å². The minimum atomic E-state index is 0.179. The van der Waals surface area contributed by atoms with Gasteiger partial charge in [-0.25, -0.2) is 0 Å². The number of hydrogen-bond acceptors (Lipinski definition) is 3. The van der Waals surface area contributed by atoms with Gasteiger partial charge in [0.25, 0.3) is 0 Å². The molecule has 0 aliphatic carbocycles. The Morgan fingerprint density at radius 3 is 2.56 bits per heavy atom. The van der Waals surface area contributed by atoms with Crippen molar-refractivity contribution in [2.45, 2.75) is 38.6 Å². The quantitative estimate of drug-likeness (QED) is 0.719. The summed E-state index contributed by atoms with van der Waals surface area (Å²) >= 11 is 7.69. The smallest absolute Gasteiger partial charge is 0.232 e. The van der Waals surface area contributed by atoms with Crippen LogP contribution < -0.4 is 4.90 Å². The summed E-state index contributed by atoms with van der Waals surface area (Å²) in [5.74, 6) is 0.179. The van der Waals surface area contributed by atoms with E-state index in [2.05, 4.69) is 11.8 Å². The summed E-state index contributed by atoms with van der Waals surface area (Å²) in [7, 11) is 0. The lowest BCUT2D eigenvalue weighted by Crippen LogP contribution is -2.48. The highest BCUT2D eigenvalue weighted by Gasteiger charge is 2.29. The number of hydrogen-bond donors (Lipinski definition) is 0. The number of halogens is 1. The maximum atomic E-state index is 13.1. The lowest BCUT2D eigenvalue weighted by Gasteiger charge is -2.38. The van der Waals surface area contributed by atoms with Gasteiger partial charge in [-0.2, -0.15) is 0 Å². The summed E-state index contributed by atoms with van der Waals surface area (Å²) in [6.45, 7) is 5.50. The lowest BCUT2D eigenvalue weighted by molar-refractivity contribution is -0.118. The highest BCUT2D eigenvalue weighted by molar-refractivity contribution is 7.10. The molecule has 1 aliphatic heterocycles. The Hall–Kier alpha value is -1.36. The molecule has 2 aromatic rings. The molecule has 1 aliphatic rings. The number of anilines is 1. The maximum Gasteiger partial charge on any atom is 0.232 e. The maximum absolute atomic E-state index is 13.1. The first-order valence-corrected chi connectivity index (χ1v) is 10.3. The lowest BCUT2D eigenvalue weighted by atomic mass is 10.0. The molecule has 134 valence electrons. The van der Waals surface area contributed by atoms with Crippen molar-refractivity contribution in [3.63, 3.8) is 0 Å². The van der Waals surface area contributed by atoms with Crippen LogP contribution >= 0.6 is 22.9 Å². The fraction of sp³-hybridized carbons (Fsp3) is 0.450. The molecule has 2 heterocycles. The number of piperidine rings is 1. The van der Waals surface area contributed by atoms with E-state index in [1.807, 2.05) is 46.7 Å². The van der Waals surface area contributed by atoms with Gasteiger partial charge in [0.1, 0.15) is 0 Å². The molecule has 0 spiro atoms. The number of rotatable bonds is 6. The Kier molecular flexibility index (Phi) is 6.51. The van der Waals surface area contributed by atoms with E-state index in [1.165, 1.54) is 6.42 Å². The highest BCUT2D eigenvalue weighted by atomic mass is 35.5. The first-order chi connectivity index (χ1) is 12.2. The fourth-order valence-corrected chi connectivity index (χ4v) is 4.35. The molecule has 5 heteroatoms. The van der Waals surface area contributed by atoms with Gasteiger partial charge in [-0.3, -0.25) is 4.79 Å². The molecule has 1 fully saturated rings. The van der Waals surface area contributed by atoms with Crippen LogP contribution in [0.3, 0.4) is 0 Å².